The summed E-state index contributed by atoms with van der Waals surface area (Å²) in [6.07, 6.45) is -0.735. The van der Waals surface area contributed by atoms with Crippen molar-refractivity contribution in [3.05, 3.63) is 11.8 Å². The largest absolute Gasteiger partial charge is 0.355 e. The summed E-state index contributed by atoms with van der Waals surface area (Å²) in [4.78, 5) is 3.11. The Labute approximate surface area is 49.7 Å². The van der Waals surface area contributed by atoms with Crippen molar-refractivity contribution in [2.75, 3.05) is 0 Å². The molecule has 2 N–H and O–H groups in total. The van der Waals surface area contributed by atoms with E-state index in [1.165, 1.54) is 0 Å². The number of nitrogens with zero attached hydrogens (tertiary/aromatic N) is 1. The van der Waals surface area contributed by atoms with Gasteiger partial charge in [-0.15, -0.1) is 0 Å². The van der Waals surface area contributed by atoms with Crippen molar-refractivity contribution in [3.63, 3.8) is 0 Å². The highest BCUT2D eigenvalue weighted by molar-refractivity contribution is 5.76. The van der Waals surface area contributed by atoms with Gasteiger partial charge in [0.15, 0.2) is 5.83 Å². The van der Waals surface area contributed by atoms with Crippen LogP contribution in [0.1, 0.15) is 0 Å². The number of nitrogens with one attached hydrogen (secondary N) is 1. The Kier molecular flexibility index (Phi) is 1.44. The molecule has 1 unspecified atom stereocenters. The number of hydrogen-bond acceptors (Lipinski definition) is 3. The first kappa shape index (κ1) is 6.15. The SMILES string of the molecule is OC1N=CC(F)=C(F)N1. The molecule has 0 spiro atoms. The molecule has 0 aromatic rings. The minimum Gasteiger partial charge on any atom is -0.355 e. The third-order valence-corrected chi connectivity index (χ3v) is 0.795. The lowest BCUT2D eigenvalue weighted by Gasteiger charge is -2.10. The van der Waals surface area contributed by atoms with E-state index in [1.54, 1.807) is 5.32 Å². The fraction of sp³-hybridized carbons (Fsp3) is 0.250. The molecule has 9 heavy (non-hydrogen) atoms. The Hall–Kier alpha value is -0.970. The van der Waals surface area contributed by atoms with Crippen molar-refractivity contribution >= 4 is 6.21 Å². The van der Waals surface area contributed by atoms with E-state index in [0.717, 1.165) is 0 Å². The maximum Gasteiger partial charge on any atom is 0.228 e. The molecule has 0 aromatic carbocycles. The van der Waals surface area contributed by atoms with Crippen LogP contribution in [0.5, 0.6) is 0 Å². The van der Waals surface area contributed by atoms with Crippen molar-refractivity contribution in [3.8, 4) is 0 Å². The van der Waals surface area contributed by atoms with Crippen molar-refractivity contribution < 1.29 is 13.9 Å². The van der Waals surface area contributed by atoms with E-state index in [0.29, 0.717) is 6.21 Å². The van der Waals surface area contributed by atoms with E-state index >= 15 is 0 Å². The fourth-order valence-corrected chi connectivity index (χ4v) is 0.412. The third kappa shape index (κ3) is 1.23. The molecule has 50 valence electrons. The molecule has 1 atom stereocenters. The van der Waals surface area contributed by atoms with Crippen LogP contribution in [0, 0.1) is 0 Å². The van der Waals surface area contributed by atoms with E-state index in [2.05, 4.69) is 4.99 Å². The van der Waals surface area contributed by atoms with Crippen molar-refractivity contribution in [1.29, 1.82) is 0 Å². The van der Waals surface area contributed by atoms with E-state index in [-0.39, 0.29) is 0 Å². The average molecular weight is 134 g/mol. The molecule has 5 heteroatoms. The third-order valence-electron chi connectivity index (χ3n) is 0.795. The zero-order valence-electron chi connectivity index (χ0n) is 4.31. The van der Waals surface area contributed by atoms with E-state index in [9.17, 15) is 8.78 Å². The van der Waals surface area contributed by atoms with Gasteiger partial charge < -0.3 is 10.4 Å². The van der Waals surface area contributed by atoms with Crippen LogP contribution >= 0.6 is 0 Å². The van der Waals surface area contributed by atoms with Crippen molar-refractivity contribution in [2.24, 2.45) is 4.99 Å². The molecule has 0 bridgehead atoms. The summed E-state index contributed by atoms with van der Waals surface area (Å²) in [6.45, 7) is 0. The number of allylic oxidation sites excluding steroid dienone is 1. The molecule has 0 radical (unpaired) electrons. The molecule has 0 saturated carbocycles. The maximum atomic E-state index is 12.0. The molecular weight excluding hydrogens is 130 g/mol. The van der Waals surface area contributed by atoms with Crippen LogP contribution in [0.2, 0.25) is 0 Å². The maximum absolute atomic E-state index is 12.0. The highest BCUT2D eigenvalue weighted by atomic mass is 19.2. The second-order valence-electron chi connectivity index (χ2n) is 1.46. The Morgan fingerprint density at radius 1 is 1.67 bits per heavy atom. The predicted octanol–water partition coefficient (Wildman–Crippen LogP) is 0.0444. The van der Waals surface area contributed by atoms with Crippen LogP contribution in [0.3, 0.4) is 0 Å². The molecule has 1 aliphatic heterocycles. The number of aliphatic imine (C=N–C) groups is 1. The zero-order valence-corrected chi connectivity index (χ0v) is 4.31. The molecule has 1 heterocycles. The van der Waals surface area contributed by atoms with Gasteiger partial charge in [-0.1, -0.05) is 0 Å². The van der Waals surface area contributed by atoms with Gasteiger partial charge in [-0.3, -0.25) is 0 Å². The van der Waals surface area contributed by atoms with Gasteiger partial charge in [0, 0.05) is 0 Å². The number of halogens is 2. The average Bonchev–Trinajstić information content (AvgIpc) is 1.80. The summed E-state index contributed by atoms with van der Waals surface area (Å²) in [5, 5.41) is 10.2. The first-order chi connectivity index (χ1) is 4.20. The van der Waals surface area contributed by atoms with Crippen LogP contribution in [-0.2, 0) is 0 Å². The molecule has 0 fully saturated rings. The summed E-state index contributed by atoms with van der Waals surface area (Å²) in [5.74, 6) is -2.28. The van der Waals surface area contributed by atoms with Crippen molar-refractivity contribution in [2.45, 2.75) is 6.35 Å². The Bertz CT molecular complexity index is 177. The molecule has 1 rings (SSSR count). The van der Waals surface area contributed by atoms with Gasteiger partial charge in [-0.2, -0.15) is 4.39 Å². The molecule has 0 saturated heterocycles. The minimum atomic E-state index is -1.36. The highest BCUT2D eigenvalue weighted by Gasteiger charge is 2.12. The molecule has 0 amide bonds. The van der Waals surface area contributed by atoms with Crippen molar-refractivity contribution in [1.82, 2.24) is 5.32 Å². The van der Waals surface area contributed by atoms with Gasteiger partial charge >= 0.3 is 0 Å². The topological polar surface area (TPSA) is 44.6 Å². The minimum absolute atomic E-state index is 0.622. The van der Waals surface area contributed by atoms with E-state index in [1.807, 2.05) is 0 Å². The standard InChI is InChI=1S/C4H4F2N2O/c5-2-1-7-4(9)8-3(2)6/h1,4,8-9H. The summed E-state index contributed by atoms with van der Waals surface area (Å²) in [7, 11) is 0. The number of aliphatic hydroxyl groups excluding tert-OH is 1. The second kappa shape index (κ2) is 2.10. The van der Waals surface area contributed by atoms with Gasteiger partial charge in [-0.05, 0) is 0 Å². The van der Waals surface area contributed by atoms with Gasteiger partial charge in [-0.25, -0.2) is 9.38 Å². The van der Waals surface area contributed by atoms with Gasteiger partial charge in [0.2, 0.25) is 12.3 Å². The van der Waals surface area contributed by atoms with Crippen LogP contribution in [-0.4, -0.2) is 17.7 Å². The zero-order chi connectivity index (χ0) is 6.85. The lowest BCUT2D eigenvalue weighted by molar-refractivity contribution is 0.144. The van der Waals surface area contributed by atoms with E-state index in [4.69, 9.17) is 5.11 Å². The van der Waals surface area contributed by atoms with Gasteiger partial charge in [0.25, 0.3) is 0 Å². The second-order valence-corrected chi connectivity index (χ2v) is 1.46. The van der Waals surface area contributed by atoms with Crippen LogP contribution in [0.15, 0.2) is 16.8 Å². The predicted molar refractivity (Wildman–Crippen MR) is 26.9 cm³/mol. The van der Waals surface area contributed by atoms with Gasteiger partial charge in [0.05, 0.1) is 6.21 Å². The molecule has 0 aliphatic carbocycles. The summed E-state index contributed by atoms with van der Waals surface area (Å²) in [6, 6.07) is 0. The van der Waals surface area contributed by atoms with Crippen LogP contribution in [0.25, 0.3) is 0 Å². The molecule has 1 aliphatic rings. The lowest BCUT2D eigenvalue weighted by Crippen LogP contribution is -2.28. The number of hydrogen-bond donors (Lipinski definition) is 2. The summed E-state index contributed by atoms with van der Waals surface area (Å²) < 4.78 is 23.9. The molecule has 3 nitrogen and oxygen atoms in total. The van der Waals surface area contributed by atoms with Crippen LogP contribution < -0.4 is 5.32 Å². The number of rotatable bonds is 0. The molecule has 0 aromatic heterocycles. The summed E-state index contributed by atoms with van der Waals surface area (Å²) >= 11 is 0. The quantitative estimate of drug-likeness (QED) is 0.459. The first-order valence-corrected chi connectivity index (χ1v) is 2.23. The summed E-state index contributed by atoms with van der Waals surface area (Å²) in [5.41, 5.74) is 0. The molecular formula is C4H4F2N2O. The Morgan fingerprint density at radius 3 is 2.78 bits per heavy atom. The fourth-order valence-electron chi connectivity index (χ4n) is 0.412. The monoisotopic (exact) mass is 134 g/mol. The lowest BCUT2D eigenvalue weighted by atomic mass is 10.5. The highest BCUT2D eigenvalue weighted by Crippen LogP contribution is 2.07. The van der Waals surface area contributed by atoms with Gasteiger partial charge in [0.1, 0.15) is 0 Å². The van der Waals surface area contributed by atoms with Crippen LogP contribution in [0.4, 0.5) is 8.78 Å². The first-order valence-electron chi connectivity index (χ1n) is 2.23. The number of aliphatic hydroxyl groups is 1. The Balaban J connectivity index is 2.75. The Morgan fingerprint density at radius 2 is 2.33 bits per heavy atom. The normalized spacial score (nSPS) is 26.3. The smallest absolute Gasteiger partial charge is 0.228 e. The van der Waals surface area contributed by atoms with E-state index < -0.39 is 18.1 Å².